The van der Waals surface area contributed by atoms with Crippen molar-refractivity contribution in [1.82, 2.24) is 29.8 Å². The van der Waals surface area contributed by atoms with Gasteiger partial charge in [-0.05, 0) is 66.3 Å². The fourth-order valence-electron chi connectivity index (χ4n) is 5.60. The van der Waals surface area contributed by atoms with Crippen LogP contribution >= 0.6 is 11.8 Å². The van der Waals surface area contributed by atoms with Gasteiger partial charge in [0.2, 0.25) is 0 Å². The molecule has 8 nitrogen and oxygen atoms in total. The van der Waals surface area contributed by atoms with Crippen LogP contribution in [-0.4, -0.2) is 101 Å². The second kappa shape index (κ2) is 14.8. The number of aliphatic imine (C=N–C) groups is 1. The zero-order valence-electron chi connectivity index (χ0n) is 26.2. The monoisotopic (exact) mass is 681 g/mol. The molecule has 2 saturated heterocycles. The molecule has 1 amide bonds. The maximum absolute atomic E-state index is 13.6. The first-order valence-electron chi connectivity index (χ1n) is 15.5. The van der Waals surface area contributed by atoms with Crippen molar-refractivity contribution in [2.24, 2.45) is 4.99 Å². The fraction of sp³-hybridized carbons (Fsp3) is 0.469. The Bertz CT molecular complexity index is 1620. The summed E-state index contributed by atoms with van der Waals surface area (Å²) < 4.78 is 81.0. The second-order valence-electron chi connectivity index (χ2n) is 11.4. The first-order chi connectivity index (χ1) is 22.4. The van der Waals surface area contributed by atoms with E-state index in [1.54, 1.807) is 24.3 Å². The molecule has 3 aliphatic rings. The third-order valence-corrected chi connectivity index (χ3v) is 9.43. The topological polar surface area (TPSA) is 69.0 Å². The van der Waals surface area contributed by atoms with E-state index in [1.165, 1.54) is 55.4 Å². The van der Waals surface area contributed by atoms with Gasteiger partial charge < -0.3 is 20.0 Å². The maximum Gasteiger partial charge on any atom is 0.416 e. The van der Waals surface area contributed by atoms with E-state index in [9.17, 15) is 31.1 Å². The van der Waals surface area contributed by atoms with Gasteiger partial charge in [-0.2, -0.15) is 36.4 Å². The molecule has 3 aromatic rings. The number of piperazine rings is 2. The molecule has 0 atom stereocenters. The standard InChI is InChI=1S/C26H23F6N5OS.C6H14N2/c1-2-35-7-9-36(10-8-35)24-34-23(38)22(39-24)12-16-3-6-21-18(11-16)14-33-37(21)15-17-4-5-19(25(27,28)29)13-20(17)26(30,31)32;1-2-8-5-3-7-4-6-8/h3-6,11-14H,2,7-10,15H2,1H3;7H,2-6H2,1H3. The van der Waals surface area contributed by atoms with Gasteiger partial charge in [-0.15, -0.1) is 0 Å². The molecule has 0 saturated carbocycles. The van der Waals surface area contributed by atoms with Crippen molar-refractivity contribution in [3.63, 3.8) is 0 Å². The van der Waals surface area contributed by atoms with Gasteiger partial charge in [0.05, 0.1) is 34.3 Å². The van der Waals surface area contributed by atoms with Crippen molar-refractivity contribution < 1.29 is 31.1 Å². The minimum atomic E-state index is -4.96. The number of benzene rings is 2. The summed E-state index contributed by atoms with van der Waals surface area (Å²) in [5.41, 5.74) is -1.86. The predicted octanol–water partition coefficient (Wildman–Crippen LogP) is 5.64. The largest absolute Gasteiger partial charge is 0.416 e. The van der Waals surface area contributed by atoms with Crippen LogP contribution in [0.25, 0.3) is 17.0 Å². The third kappa shape index (κ3) is 8.75. The summed E-state index contributed by atoms with van der Waals surface area (Å²) in [6, 6.07) is 6.70. The number of nitrogens with zero attached hydrogens (tertiary/aromatic N) is 6. The SMILES string of the molecule is CCN1CCN(C2=NC(=O)C(=Cc3ccc4c(cnn4Cc4ccc(C(F)(F)F)cc4C(F)(F)F)c3)S2)CC1.CCN1CCNCC1. The van der Waals surface area contributed by atoms with Gasteiger partial charge >= 0.3 is 12.4 Å². The van der Waals surface area contributed by atoms with E-state index in [2.05, 4.69) is 44.0 Å². The van der Waals surface area contributed by atoms with Crippen molar-refractivity contribution in [2.75, 3.05) is 65.4 Å². The van der Waals surface area contributed by atoms with Crippen LogP contribution in [-0.2, 0) is 23.7 Å². The molecule has 4 heterocycles. The van der Waals surface area contributed by atoms with Crippen LogP contribution in [0.1, 0.15) is 36.1 Å². The van der Waals surface area contributed by atoms with Crippen molar-refractivity contribution in [1.29, 1.82) is 0 Å². The van der Waals surface area contributed by atoms with Crippen LogP contribution in [0.2, 0.25) is 0 Å². The Morgan fingerprint density at radius 2 is 1.55 bits per heavy atom. The Hall–Kier alpha value is -3.40. The normalized spacial score (nSPS) is 19.3. The molecule has 47 heavy (non-hydrogen) atoms. The van der Waals surface area contributed by atoms with E-state index in [0.29, 0.717) is 32.6 Å². The van der Waals surface area contributed by atoms with Gasteiger partial charge in [0, 0.05) is 57.7 Å². The molecule has 0 aliphatic carbocycles. The number of carbonyl (C=O) groups is 1. The Balaban J connectivity index is 0.000000474. The smallest absolute Gasteiger partial charge is 0.348 e. The van der Waals surface area contributed by atoms with E-state index in [-0.39, 0.29) is 24.1 Å². The lowest BCUT2D eigenvalue weighted by Gasteiger charge is -2.34. The quantitative estimate of drug-likeness (QED) is 0.276. The van der Waals surface area contributed by atoms with Crippen LogP contribution in [0.15, 0.2) is 52.5 Å². The Kier molecular flexibility index (Phi) is 11.0. The summed E-state index contributed by atoms with van der Waals surface area (Å²) in [6.45, 7) is 14.3. The first kappa shape index (κ1) is 34.9. The first-order valence-corrected chi connectivity index (χ1v) is 16.3. The average Bonchev–Trinajstić information content (AvgIpc) is 3.63. The molecule has 15 heteroatoms. The van der Waals surface area contributed by atoms with Crippen molar-refractivity contribution in [3.05, 3.63) is 69.8 Å². The van der Waals surface area contributed by atoms with Crippen molar-refractivity contribution in [3.8, 4) is 0 Å². The molecule has 0 unspecified atom stereocenters. The minimum Gasteiger partial charge on any atom is -0.348 e. The number of fused-ring (bicyclic) bond motifs is 1. The third-order valence-electron chi connectivity index (χ3n) is 8.38. The van der Waals surface area contributed by atoms with Crippen LogP contribution in [0, 0.1) is 0 Å². The number of alkyl halides is 6. The lowest BCUT2D eigenvalue weighted by atomic mass is 10.0. The minimum absolute atomic E-state index is 0.127. The summed E-state index contributed by atoms with van der Waals surface area (Å²) in [6.07, 6.45) is -6.68. The molecule has 2 aromatic carbocycles. The average molecular weight is 682 g/mol. The summed E-state index contributed by atoms with van der Waals surface area (Å²) in [7, 11) is 0. The molecule has 254 valence electrons. The van der Waals surface area contributed by atoms with E-state index < -0.39 is 23.5 Å². The number of nitrogens with one attached hydrogen (secondary N) is 1. The van der Waals surface area contributed by atoms with Gasteiger partial charge in [-0.25, -0.2) is 0 Å². The number of hydrogen-bond acceptors (Lipinski definition) is 7. The van der Waals surface area contributed by atoms with Crippen LogP contribution in [0.3, 0.4) is 0 Å². The van der Waals surface area contributed by atoms with Crippen LogP contribution < -0.4 is 5.32 Å². The summed E-state index contributed by atoms with van der Waals surface area (Å²) in [5.74, 6) is -0.328. The number of likely N-dealkylation sites (N-methyl/N-ethyl adjacent to an activating group) is 2. The number of hydrogen-bond donors (Lipinski definition) is 1. The Morgan fingerprint density at radius 3 is 2.17 bits per heavy atom. The molecule has 3 aliphatic heterocycles. The van der Waals surface area contributed by atoms with Gasteiger partial charge in [0.25, 0.3) is 5.91 Å². The zero-order chi connectivity index (χ0) is 33.8. The van der Waals surface area contributed by atoms with E-state index in [4.69, 9.17) is 0 Å². The van der Waals surface area contributed by atoms with Crippen LogP contribution in [0.4, 0.5) is 26.3 Å². The van der Waals surface area contributed by atoms with E-state index in [1.807, 2.05) is 0 Å². The lowest BCUT2D eigenvalue weighted by Crippen LogP contribution is -2.47. The fourth-order valence-corrected chi connectivity index (χ4v) is 6.57. The molecule has 6 rings (SSSR count). The zero-order valence-corrected chi connectivity index (χ0v) is 27.0. The number of carbonyl (C=O) groups excluding carboxylic acids is 1. The van der Waals surface area contributed by atoms with Gasteiger partial charge in [0.1, 0.15) is 0 Å². The van der Waals surface area contributed by atoms with Gasteiger partial charge in [0.15, 0.2) is 5.17 Å². The number of halogens is 6. The molecule has 1 N–H and O–H groups in total. The molecule has 0 spiro atoms. The van der Waals surface area contributed by atoms with Gasteiger partial charge in [-0.1, -0.05) is 26.0 Å². The highest BCUT2D eigenvalue weighted by Crippen LogP contribution is 2.38. The highest BCUT2D eigenvalue weighted by atomic mass is 32.2. The number of amidine groups is 1. The lowest BCUT2D eigenvalue weighted by molar-refractivity contribution is -0.143. The number of aromatic nitrogens is 2. The van der Waals surface area contributed by atoms with Crippen molar-refractivity contribution >= 4 is 39.8 Å². The Morgan fingerprint density at radius 1 is 0.872 bits per heavy atom. The second-order valence-corrected chi connectivity index (χ2v) is 12.4. The summed E-state index contributed by atoms with van der Waals surface area (Å²) in [4.78, 5) is 24.1. The number of amides is 1. The van der Waals surface area contributed by atoms with E-state index >= 15 is 0 Å². The molecule has 2 fully saturated rings. The molecule has 1 aromatic heterocycles. The number of rotatable bonds is 5. The summed E-state index contributed by atoms with van der Waals surface area (Å²) in [5, 5.41) is 8.75. The van der Waals surface area contributed by atoms with Crippen LogP contribution in [0.5, 0.6) is 0 Å². The molecule has 0 bridgehead atoms. The van der Waals surface area contributed by atoms with Crippen molar-refractivity contribution in [2.45, 2.75) is 32.7 Å². The predicted molar refractivity (Wildman–Crippen MR) is 172 cm³/mol. The van der Waals surface area contributed by atoms with Gasteiger partial charge in [-0.3, -0.25) is 9.48 Å². The molecular formula is C32H37F6N7OS. The highest BCUT2D eigenvalue weighted by Gasteiger charge is 2.38. The van der Waals surface area contributed by atoms with E-state index in [0.717, 1.165) is 38.8 Å². The Labute approximate surface area is 273 Å². The molecular weight excluding hydrogens is 644 g/mol. The number of thioether (sulfide) groups is 1. The summed E-state index contributed by atoms with van der Waals surface area (Å²) >= 11 is 1.31. The molecule has 0 radical (unpaired) electrons. The highest BCUT2D eigenvalue weighted by molar-refractivity contribution is 8.18. The maximum atomic E-state index is 13.6.